The van der Waals surface area contributed by atoms with Gasteiger partial charge in [-0.05, 0) is 61.1 Å². The van der Waals surface area contributed by atoms with E-state index in [9.17, 15) is 8.42 Å². The Kier molecular flexibility index (Phi) is 2.88. The first-order valence-corrected chi connectivity index (χ1v) is 9.09. The molecule has 6 heteroatoms. The van der Waals surface area contributed by atoms with Crippen LogP contribution in [0.4, 0.5) is 0 Å². The third-order valence-corrected chi connectivity index (χ3v) is 7.32. The van der Waals surface area contributed by atoms with Crippen LogP contribution < -0.4 is 4.72 Å². The molecule has 0 amide bonds. The van der Waals surface area contributed by atoms with Gasteiger partial charge >= 0.3 is 0 Å². The molecule has 3 aliphatic carbocycles. The van der Waals surface area contributed by atoms with Crippen molar-refractivity contribution < 1.29 is 8.42 Å². The Balaban J connectivity index is 1.57. The van der Waals surface area contributed by atoms with Crippen molar-refractivity contribution in [1.29, 1.82) is 5.26 Å². The maximum Gasteiger partial charge on any atom is 0.242 e. The molecular weight excluding hydrogens is 308 g/mol. The quantitative estimate of drug-likeness (QED) is 0.929. The molecule has 0 spiro atoms. The first-order chi connectivity index (χ1) is 10.0. The van der Waals surface area contributed by atoms with Crippen LogP contribution in [0.25, 0.3) is 0 Å². The zero-order valence-corrected chi connectivity index (χ0v) is 12.9. The van der Waals surface area contributed by atoms with Crippen LogP contribution in [0.5, 0.6) is 0 Å². The zero-order valence-electron chi connectivity index (χ0n) is 11.3. The molecule has 3 saturated carbocycles. The van der Waals surface area contributed by atoms with Crippen LogP contribution in [0.15, 0.2) is 23.1 Å². The summed E-state index contributed by atoms with van der Waals surface area (Å²) in [5, 5.41) is 8.92. The SMILES string of the molecule is N#Cc1ccc(S(=O)(=O)NC2C3C4CCC(C4)C23)c(Cl)c1. The Hall–Kier alpha value is -1.09. The van der Waals surface area contributed by atoms with Crippen molar-refractivity contribution in [1.82, 2.24) is 4.72 Å². The van der Waals surface area contributed by atoms with Gasteiger partial charge in [-0.25, -0.2) is 13.1 Å². The van der Waals surface area contributed by atoms with Gasteiger partial charge in [-0.15, -0.1) is 0 Å². The van der Waals surface area contributed by atoms with Crippen LogP contribution in [0.3, 0.4) is 0 Å². The molecule has 21 heavy (non-hydrogen) atoms. The molecule has 110 valence electrons. The number of nitrogens with zero attached hydrogens (tertiary/aromatic N) is 1. The van der Waals surface area contributed by atoms with E-state index in [1.807, 2.05) is 6.07 Å². The number of sulfonamides is 1. The van der Waals surface area contributed by atoms with Gasteiger partial charge in [0.05, 0.1) is 16.7 Å². The van der Waals surface area contributed by atoms with Crippen molar-refractivity contribution in [3.8, 4) is 6.07 Å². The fraction of sp³-hybridized carbons (Fsp3) is 0.533. The molecule has 0 radical (unpaired) electrons. The number of rotatable bonds is 3. The molecule has 2 bridgehead atoms. The van der Waals surface area contributed by atoms with Gasteiger partial charge in [0.1, 0.15) is 4.90 Å². The molecule has 0 heterocycles. The molecule has 1 aromatic rings. The van der Waals surface area contributed by atoms with Crippen LogP contribution >= 0.6 is 11.6 Å². The molecule has 3 fully saturated rings. The summed E-state index contributed by atoms with van der Waals surface area (Å²) in [5.41, 5.74) is 0.361. The molecule has 0 saturated heterocycles. The molecule has 0 aromatic heterocycles. The van der Waals surface area contributed by atoms with E-state index in [4.69, 9.17) is 16.9 Å². The standard InChI is InChI=1S/C15H15ClN2O2S/c16-11-5-8(7-17)1-4-12(11)21(19,20)18-15-13-9-2-3-10(6-9)14(13)15/h1,4-5,9-10,13-15,18H,2-3,6H2. The Morgan fingerprint density at radius 2 is 1.90 bits per heavy atom. The second-order valence-corrected chi connectivity index (χ2v) is 8.48. The van der Waals surface area contributed by atoms with E-state index in [-0.39, 0.29) is 16.0 Å². The molecule has 1 aromatic carbocycles. The lowest BCUT2D eigenvalue weighted by Gasteiger charge is -2.12. The Morgan fingerprint density at radius 3 is 2.48 bits per heavy atom. The highest BCUT2D eigenvalue weighted by molar-refractivity contribution is 7.89. The fourth-order valence-electron chi connectivity index (χ4n) is 4.51. The second kappa shape index (κ2) is 4.45. The van der Waals surface area contributed by atoms with Crippen LogP contribution in [-0.4, -0.2) is 14.5 Å². The summed E-state index contributed by atoms with van der Waals surface area (Å²) in [5.74, 6) is 2.50. The van der Waals surface area contributed by atoms with Crippen LogP contribution in [0, 0.1) is 35.0 Å². The summed E-state index contributed by atoms with van der Waals surface area (Å²) < 4.78 is 27.8. The van der Waals surface area contributed by atoms with Crippen LogP contribution in [-0.2, 0) is 10.0 Å². The molecule has 0 aliphatic heterocycles. The Bertz CT molecular complexity index is 739. The molecule has 1 N–H and O–H groups in total. The van der Waals surface area contributed by atoms with E-state index in [1.165, 1.54) is 37.5 Å². The summed E-state index contributed by atoms with van der Waals surface area (Å²) >= 11 is 6.02. The van der Waals surface area contributed by atoms with Crippen LogP contribution in [0.1, 0.15) is 24.8 Å². The minimum absolute atomic E-state index is 0.0699. The molecule has 4 atom stereocenters. The first kappa shape index (κ1) is 13.6. The number of nitriles is 1. The van der Waals surface area contributed by atoms with Gasteiger partial charge in [0.2, 0.25) is 10.0 Å². The lowest BCUT2D eigenvalue weighted by molar-refractivity contribution is 0.456. The normalized spacial score (nSPS) is 36.3. The molecule has 3 aliphatic rings. The van der Waals surface area contributed by atoms with Gasteiger partial charge in [0.25, 0.3) is 0 Å². The predicted octanol–water partition coefficient (Wildman–Crippen LogP) is 2.53. The molecule has 4 unspecified atom stereocenters. The van der Waals surface area contributed by atoms with Crippen molar-refractivity contribution in [2.45, 2.75) is 30.2 Å². The van der Waals surface area contributed by atoms with E-state index < -0.39 is 10.0 Å². The van der Waals surface area contributed by atoms with Crippen molar-refractivity contribution in [3.63, 3.8) is 0 Å². The lowest BCUT2D eigenvalue weighted by atomic mass is 10.0. The Morgan fingerprint density at radius 1 is 1.24 bits per heavy atom. The van der Waals surface area contributed by atoms with E-state index in [0.29, 0.717) is 29.2 Å². The Labute approximate surface area is 129 Å². The van der Waals surface area contributed by atoms with E-state index in [0.717, 1.165) is 0 Å². The average molecular weight is 323 g/mol. The van der Waals surface area contributed by atoms with Gasteiger partial charge in [0, 0.05) is 6.04 Å². The van der Waals surface area contributed by atoms with E-state index in [2.05, 4.69) is 4.72 Å². The summed E-state index contributed by atoms with van der Waals surface area (Å²) in [6, 6.07) is 6.34. The third kappa shape index (κ3) is 2.01. The summed E-state index contributed by atoms with van der Waals surface area (Å²) in [6.45, 7) is 0. The van der Waals surface area contributed by atoms with Crippen molar-refractivity contribution in [2.75, 3.05) is 0 Å². The fourth-order valence-corrected chi connectivity index (χ4v) is 6.36. The van der Waals surface area contributed by atoms with Gasteiger partial charge in [0.15, 0.2) is 0 Å². The maximum atomic E-state index is 12.5. The van der Waals surface area contributed by atoms with Gasteiger partial charge in [-0.1, -0.05) is 11.6 Å². The largest absolute Gasteiger partial charge is 0.242 e. The number of hydrogen-bond acceptors (Lipinski definition) is 3. The van der Waals surface area contributed by atoms with E-state index >= 15 is 0 Å². The smallest absolute Gasteiger partial charge is 0.207 e. The van der Waals surface area contributed by atoms with E-state index in [1.54, 1.807) is 0 Å². The second-order valence-electron chi connectivity index (χ2n) is 6.39. The maximum absolute atomic E-state index is 12.5. The lowest BCUT2D eigenvalue weighted by Crippen LogP contribution is -2.30. The summed E-state index contributed by atoms with van der Waals surface area (Å²) in [6.07, 6.45) is 3.79. The highest BCUT2D eigenvalue weighted by atomic mass is 35.5. The monoisotopic (exact) mass is 322 g/mol. The van der Waals surface area contributed by atoms with Crippen molar-refractivity contribution in [3.05, 3.63) is 28.8 Å². The number of hydrogen-bond donors (Lipinski definition) is 1. The van der Waals surface area contributed by atoms with Gasteiger partial charge < -0.3 is 0 Å². The number of fused-ring (bicyclic) bond motifs is 5. The minimum Gasteiger partial charge on any atom is -0.207 e. The average Bonchev–Trinajstić information content (AvgIpc) is 2.85. The summed E-state index contributed by atoms with van der Waals surface area (Å²) in [4.78, 5) is 0.0699. The highest BCUT2D eigenvalue weighted by Gasteiger charge is 2.65. The molecule has 4 rings (SSSR count). The van der Waals surface area contributed by atoms with Gasteiger partial charge in [-0.2, -0.15) is 5.26 Å². The highest BCUT2D eigenvalue weighted by Crippen LogP contribution is 2.65. The molecular formula is C15H15ClN2O2S. The van der Waals surface area contributed by atoms with Crippen LogP contribution in [0.2, 0.25) is 5.02 Å². The summed E-state index contributed by atoms with van der Waals surface area (Å²) in [7, 11) is -3.61. The molecule has 4 nitrogen and oxygen atoms in total. The first-order valence-electron chi connectivity index (χ1n) is 7.23. The minimum atomic E-state index is -3.61. The number of nitrogens with one attached hydrogen (secondary N) is 1. The number of halogens is 1. The van der Waals surface area contributed by atoms with Crippen molar-refractivity contribution in [2.24, 2.45) is 23.7 Å². The zero-order chi connectivity index (χ0) is 14.8. The predicted molar refractivity (Wildman–Crippen MR) is 78.1 cm³/mol. The van der Waals surface area contributed by atoms with Crippen molar-refractivity contribution >= 4 is 21.6 Å². The van der Waals surface area contributed by atoms with Gasteiger partial charge in [-0.3, -0.25) is 0 Å². The number of benzene rings is 1. The topological polar surface area (TPSA) is 70.0 Å². The third-order valence-electron chi connectivity index (χ3n) is 5.38.